The molecule has 0 fully saturated rings. The first-order valence-corrected chi connectivity index (χ1v) is 7.34. The van der Waals surface area contributed by atoms with E-state index >= 15 is 0 Å². The normalized spacial score (nSPS) is 11.1. The summed E-state index contributed by atoms with van der Waals surface area (Å²) in [7, 11) is 0. The molecule has 3 heteroatoms. The van der Waals surface area contributed by atoms with Crippen molar-refractivity contribution in [3.63, 3.8) is 0 Å². The second kappa shape index (κ2) is 5.19. The van der Waals surface area contributed by atoms with E-state index in [4.69, 9.17) is 4.98 Å². The fourth-order valence-electron chi connectivity index (χ4n) is 2.69. The van der Waals surface area contributed by atoms with Crippen LogP contribution in [0.3, 0.4) is 0 Å². The summed E-state index contributed by atoms with van der Waals surface area (Å²) in [4.78, 5) is 13.5. The molecule has 0 bridgehead atoms. The Balaban J connectivity index is 1.72. The lowest BCUT2D eigenvalue weighted by molar-refractivity contribution is 1.08. The zero-order valence-electron chi connectivity index (χ0n) is 12.3. The second-order valence-corrected chi connectivity index (χ2v) is 5.58. The highest BCUT2D eigenvalue weighted by molar-refractivity contribution is 5.78. The Bertz CT molecular complexity index is 976. The number of hydrogen-bond acceptors (Lipinski definition) is 3. The van der Waals surface area contributed by atoms with Crippen molar-refractivity contribution >= 4 is 21.9 Å². The van der Waals surface area contributed by atoms with Crippen LogP contribution >= 0.6 is 0 Å². The standard InChI is InChI=1S/C19H15N3/c1-13-8-16-9-14(12-21-19(16)20-11-13)10-17-7-6-15-4-2-3-5-18(15)22-17/h2-9,11-12H,10H2,1H3. The minimum atomic E-state index is 0.779. The van der Waals surface area contributed by atoms with Crippen molar-refractivity contribution in [2.24, 2.45) is 0 Å². The molecule has 0 aliphatic carbocycles. The summed E-state index contributed by atoms with van der Waals surface area (Å²) in [5, 5.41) is 2.25. The van der Waals surface area contributed by atoms with Crippen LogP contribution in [-0.4, -0.2) is 15.0 Å². The Morgan fingerprint density at radius 3 is 2.68 bits per heavy atom. The van der Waals surface area contributed by atoms with Crippen LogP contribution in [0.5, 0.6) is 0 Å². The molecular weight excluding hydrogens is 270 g/mol. The number of fused-ring (bicyclic) bond motifs is 2. The van der Waals surface area contributed by atoms with E-state index in [0.717, 1.165) is 39.8 Å². The molecule has 106 valence electrons. The van der Waals surface area contributed by atoms with Crippen molar-refractivity contribution < 1.29 is 0 Å². The quantitative estimate of drug-likeness (QED) is 0.557. The number of pyridine rings is 3. The van der Waals surface area contributed by atoms with Crippen LogP contribution in [0, 0.1) is 6.92 Å². The highest BCUT2D eigenvalue weighted by Crippen LogP contribution is 2.17. The van der Waals surface area contributed by atoms with Crippen LogP contribution in [-0.2, 0) is 6.42 Å². The molecule has 3 aromatic heterocycles. The fourth-order valence-corrected chi connectivity index (χ4v) is 2.69. The zero-order valence-corrected chi connectivity index (χ0v) is 12.3. The maximum Gasteiger partial charge on any atom is 0.159 e. The van der Waals surface area contributed by atoms with Crippen LogP contribution in [0.1, 0.15) is 16.8 Å². The predicted molar refractivity (Wildman–Crippen MR) is 88.8 cm³/mol. The largest absolute Gasteiger partial charge is 0.252 e. The van der Waals surface area contributed by atoms with Crippen LogP contribution in [0.15, 0.2) is 60.9 Å². The Hall–Kier alpha value is -2.81. The molecule has 1 aromatic carbocycles. The SMILES string of the molecule is Cc1cnc2ncc(Cc3ccc4ccccc4n3)cc2c1. The van der Waals surface area contributed by atoms with Gasteiger partial charge in [0.25, 0.3) is 0 Å². The molecule has 22 heavy (non-hydrogen) atoms. The first-order chi connectivity index (χ1) is 10.8. The monoisotopic (exact) mass is 285 g/mol. The molecule has 0 aliphatic rings. The van der Waals surface area contributed by atoms with Gasteiger partial charge in [-0.3, -0.25) is 4.98 Å². The topological polar surface area (TPSA) is 38.7 Å². The number of para-hydroxylation sites is 1. The fraction of sp³-hybridized carbons (Fsp3) is 0.105. The third-order valence-electron chi connectivity index (χ3n) is 3.77. The summed E-state index contributed by atoms with van der Waals surface area (Å²) in [5.41, 5.74) is 5.19. The van der Waals surface area contributed by atoms with Crippen LogP contribution in [0.2, 0.25) is 0 Å². The molecule has 4 rings (SSSR count). The highest BCUT2D eigenvalue weighted by atomic mass is 14.8. The zero-order chi connectivity index (χ0) is 14.9. The molecule has 0 atom stereocenters. The third kappa shape index (κ3) is 2.42. The molecule has 0 radical (unpaired) electrons. The smallest absolute Gasteiger partial charge is 0.159 e. The molecule has 0 aliphatic heterocycles. The maximum atomic E-state index is 4.72. The number of rotatable bonds is 2. The van der Waals surface area contributed by atoms with Crippen molar-refractivity contribution in [1.82, 2.24) is 15.0 Å². The van der Waals surface area contributed by atoms with Gasteiger partial charge in [0.2, 0.25) is 0 Å². The molecule has 0 spiro atoms. The molecule has 3 heterocycles. The Kier molecular flexibility index (Phi) is 3.04. The number of aryl methyl sites for hydroxylation is 1. The summed E-state index contributed by atoms with van der Waals surface area (Å²) in [5.74, 6) is 0. The summed E-state index contributed by atoms with van der Waals surface area (Å²) in [6.07, 6.45) is 4.52. The Morgan fingerprint density at radius 1 is 0.864 bits per heavy atom. The summed E-state index contributed by atoms with van der Waals surface area (Å²) >= 11 is 0. The highest BCUT2D eigenvalue weighted by Gasteiger charge is 2.03. The van der Waals surface area contributed by atoms with Gasteiger partial charge in [0, 0.05) is 35.3 Å². The lowest BCUT2D eigenvalue weighted by atomic mass is 10.1. The van der Waals surface area contributed by atoms with Gasteiger partial charge in [-0.25, -0.2) is 9.97 Å². The van der Waals surface area contributed by atoms with E-state index in [1.165, 1.54) is 5.39 Å². The molecule has 0 amide bonds. The van der Waals surface area contributed by atoms with Crippen LogP contribution in [0.4, 0.5) is 0 Å². The molecule has 0 unspecified atom stereocenters. The number of benzene rings is 1. The van der Waals surface area contributed by atoms with Gasteiger partial charge in [-0.1, -0.05) is 24.3 Å². The van der Waals surface area contributed by atoms with E-state index < -0.39 is 0 Å². The lowest BCUT2D eigenvalue weighted by Gasteiger charge is -2.05. The van der Waals surface area contributed by atoms with E-state index in [1.807, 2.05) is 37.5 Å². The number of nitrogens with zero attached hydrogens (tertiary/aromatic N) is 3. The van der Waals surface area contributed by atoms with Crippen LogP contribution in [0.25, 0.3) is 21.9 Å². The van der Waals surface area contributed by atoms with Gasteiger partial charge in [0.1, 0.15) is 0 Å². The molecule has 3 nitrogen and oxygen atoms in total. The number of hydrogen-bond donors (Lipinski definition) is 0. The van der Waals surface area contributed by atoms with Crippen molar-refractivity contribution in [2.45, 2.75) is 13.3 Å². The molecule has 4 aromatic rings. The summed E-state index contributed by atoms with van der Waals surface area (Å²) < 4.78 is 0. The van der Waals surface area contributed by atoms with E-state index in [2.05, 4.69) is 40.3 Å². The third-order valence-corrected chi connectivity index (χ3v) is 3.77. The maximum absolute atomic E-state index is 4.72. The lowest BCUT2D eigenvalue weighted by Crippen LogP contribution is -1.95. The van der Waals surface area contributed by atoms with Crippen molar-refractivity contribution in [2.75, 3.05) is 0 Å². The molecule has 0 N–H and O–H groups in total. The number of aromatic nitrogens is 3. The van der Waals surface area contributed by atoms with E-state index in [9.17, 15) is 0 Å². The van der Waals surface area contributed by atoms with Crippen LogP contribution < -0.4 is 0 Å². The molecule has 0 saturated heterocycles. The molecule has 0 saturated carbocycles. The first-order valence-electron chi connectivity index (χ1n) is 7.34. The van der Waals surface area contributed by atoms with Crippen molar-refractivity contribution in [3.8, 4) is 0 Å². The van der Waals surface area contributed by atoms with Crippen molar-refractivity contribution in [1.29, 1.82) is 0 Å². The minimum Gasteiger partial charge on any atom is -0.252 e. The summed E-state index contributed by atoms with van der Waals surface area (Å²) in [6.45, 7) is 2.05. The van der Waals surface area contributed by atoms with Gasteiger partial charge >= 0.3 is 0 Å². The van der Waals surface area contributed by atoms with Gasteiger partial charge < -0.3 is 0 Å². The van der Waals surface area contributed by atoms with E-state index in [-0.39, 0.29) is 0 Å². The molecular formula is C19H15N3. The Labute approximate surface area is 128 Å². The van der Waals surface area contributed by atoms with Gasteiger partial charge in [-0.15, -0.1) is 0 Å². The van der Waals surface area contributed by atoms with E-state index in [1.54, 1.807) is 0 Å². The van der Waals surface area contributed by atoms with Gasteiger partial charge in [-0.05, 0) is 42.3 Å². The summed E-state index contributed by atoms with van der Waals surface area (Å²) in [6, 6.07) is 16.7. The van der Waals surface area contributed by atoms with E-state index in [0.29, 0.717) is 0 Å². The minimum absolute atomic E-state index is 0.779. The first kappa shape index (κ1) is 12.9. The second-order valence-electron chi connectivity index (χ2n) is 5.58. The average Bonchev–Trinajstić information content (AvgIpc) is 2.54. The average molecular weight is 285 g/mol. The Morgan fingerprint density at radius 2 is 1.73 bits per heavy atom. The predicted octanol–water partition coefficient (Wildman–Crippen LogP) is 4.08. The van der Waals surface area contributed by atoms with Crippen molar-refractivity contribution in [3.05, 3.63) is 77.7 Å². The van der Waals surface area contributed by atoms with Gasteiger partial charge in [0.05, 0.1) is 5.52 Å². The van der Waals surface area contributed by atoms with Gasteiger partial charge in [0.15, 0.2) is 5.65 Å². The van der Waals surface area contributed by atoms with Gasteiger partial charge in [-0.2, -0.15) is 0 Å².